The third-order valence-electron chi connectivity index (χ3n) is 4.97. The van der Waals surface area contributed by atoms with Crippen molar-refractivity contribution in [3.8, 4) is 0 Å². The molecule has 32 heavy (non-hydrogen) atoms. The van der Waals surface area contributed by atoms with Gasteiger partial charge in [0.1, 0.15) is 5.82 Å². The molecule has 3 aromatic rings. The Morgan fingerprint density at radius 2 is 1.94 bits per heavy atom. The van der Waals surface area contributed by atoms with Crippen LogP contribution in [0.2, 0.25) is 10.0 Å². The maximum Gasteiger partial charge on any atom is 0.436 e. The molecular weight excluding hydrogens is 473 g/mol. The molecule has 1 aliphatic carbocycles. The maximum absolute atomic E-state index is 13.2. The number of halogens is 6. The molecular formula is C20H17Cl2F4N5O. The number of amides is 1. The molecule has 2 heterocycles. The van der Waals surface area contributed by atoms with E-state index in [1.54, 1.807) is 18.3 Å². The molecule has 12 heteroatoms. The van der Waals surface area contributed by atoms with E-state index in [1.165, 1.54) is 21.5 Å². The molecule has 1 N–H and O–H groups in total. The summed E-state index contributed by atoms with van der Waals surface area (Å²) in [6.45, 7) is 0.227. The fraction of sp³-hybridized carbons (Fsp3) is 0.350. The van der Waals surface area contributed by atoms with Crippen LogP contribution >= 0.6 is 23.2 Å². The molecule has 1 aliphatic rings. The van der Waals surface area contributed by atoms with Gasteiger partial charge in [-0.25, -0.2) is 4.39 Å². The standard InChI is InChI=1S/C20H17Cl2F4N5O/c21-14-9-13(23)4-3-12(14)10-30-7-5-15(28-30)27-16(32)6-8-31-18(11-1-2-11)17(22)19(29-31)20(24,25)26/h3-5,7,9,11H,1-2,6,8,10H2,(H,27,28,32). The van der Waals surface area contributed by atoms with Crippen LogP contribution in [0.1, 0.15) is 42.1 Å². The molecule has 1 fully saturated rings. The number of aryl methyl sites for hydroxylation is 1. The van der Waals surface area contributed by atoms with Crippen LogP contribution in [0.15, 0.2) is 30.5 Å². The second-order valence-corrected chi connectivity index (χ2v) is 8.26. The Hall–Kier alpha value is -2.59. The third kappa shape index (κ3) is 5.07. The number of nitrogens with zero attached hydrogens (tertiary/aromatic N) is 4. The highest BCUT2D eigenvalue weighted by atomic mass is 35.5. The van der Waals surface area contributed by atoms with Crippen molar-refractivity contribution in [3.05, 3.63) is 63.3 Å². The van der Waals surface area contributed by atoms with Gasteiger partial charge in [-0.15, -0.1) is 0 Å². The van der Waals surface area contributed by atoms with E-state index < -0.39 is 28.6 Å². The van der Waals surface area contributed by atoms with Crippen LogP contribution in [-0.2, 0) is 24.1 Å². The SMILES string of the molecule is O=C(CCn1nc(C(F)(F)F)c(Cl)c1C1CC1)Nc1ccn(Cc2ccc(F)cc2Cl)n1. The Morgan fingerprint density at radius 1 is 1.19 bits per heavy atom. The zero-order chi connectivity index (χ0) is 23.0. The molecule has 2 aromatic heterocycles. The third-order valence-corrected chi connectivity index (χ3v) is 5.69. The number of benzene rings is 1. The smallest absolute Gasteiger partial charge is 0.309 e. The molecule has 1 saturated carbocycles. The first-order chi connectivity index (χ1) is 15.1. The van der Waals surface area contributed by atoms with E-state index in [2.05, 4.69) is 15.5 Å². The summed E-state index contributed by atoms with van der Waals surface area (Å²) < 4.78 is 55.3. The Kier molecular flexibility index (Phi) is 6.17. The molecule has 0 radical (unpaired) electrons. The van der Waals surface area contributed by atoms with E-state index >= 15 is 0 Å². The van der Waals surface area contributed by atoms with Gasteiger partial charge in [-0.2, -0.15) is 23.4 Å². The van der Waals surface area contributed by atoms with Gasteiger partial charge in [0.2, 0.25) is 5.91 Å². The van der Waals surface area contributed by atoms with Gasteiger partial charge in [0.05, 0.1) is 23.8 Å². The van der Waals surface area contributed by atoms with E-state index in [0.29, 0.717) is 11.3 Å². The van der Waals surface area contributed by atoms with Crippen molar-refractivity contribution in [1.82, 2.24) is 19.6 Å². The molecule has 0 unspecified atom stereocenters. The lowest BCUT2D eigenvalue weighted by Crippen LogP contribution is -2.17. The first kappa shape index (κ1) is 22.6. The van der Waals surface area contributed by atoms with Crippen LogP contribution in [0, 0.1) is 5.82 Å². The summed E-state index contributed by atoms with van der Waals surface area (Å²) in [7, 11) is 0. The number of hydrogen-bond donors (Lipinski definition) is 1. The minimum atomic E-state index is -4.66. The number of aromatic nitrogens is 4. The fourth-order valence-electron chi connectivity index (χ4n) is 3.31. The van der Waals surface area contributed by atoms with E-state index in [9.17, 15) is 22.4 Å². The van der Waals surface area contributed by atoms with Gasteiger partial charge in [-0.1, -0.05) is 29.3 Å². The van der Waals surface area contributed by atoms with Gasteiger partial charge in [0.15, 0.2) is 11.5 Å². The van der Waals surface area contributed by atoms with Crippen molar-refractivity contribution in [2.75, 3.05) is 5.32 Å². The summed E-state index contributed by atoms with van der Waals surface area (Å²) in [5, 5.41) is 10.3. The van der Waals surface area contributed by atoms with Gasteiger partial charge in [0, 0.05) is 29.6 Å². The molecule has 0 spiro atoms. The van der Waals surface area contributed by atoms with Crippen molar-refractivity contribution < 1.29 is 22.4 Å². The van der Waals surface area contributed by atoms with Crippen molar-refractivity contribution >= 4 is 34.9 Å². The van der Waals surface area contributed by atoms with Crippen LogP contribution < -0.4 is 5.32 Å². The minimum absolute atomic E-state index is 0.0423. The van der Waals surface area contributed by atoms with Crippen LogP contribution in [0.5, 0.6) is 0 Å². The number of hydrogen-bond acceptors (Lipinski definition) is 3. The number of carbonyl (C=O) groups is 1. The van der Waals surface area contributed by atoms with Gasteiger partial charge in [-0.3, -0.25) is 14.2 Å². The van der Waals surface area contributed by atoms with E-state index in [-0.39, 0.29) is 36.3 Å². The van der Waals surface area contributed by atoms with Crippen molar-refractivity contribution in [2.24, 2.45) is 0 Å². The summed E-state index contributed by atoms with van der Waals surface area (Å²) in [6.07, 6.45) is -1.67. The topological polar surface area (TPSA) is 64.7 Å². The summed E-state index contributed by atoms with van der Waals surface area (Å²) in [5.41, 5.74) is -0.149. The molecule has 0 bridgehead atoms. The van der Waals surface area contributed by atoms with Gasteiger partial charge in [0.25, 0.3) is 0 Å². The summed E-state index contributed by atoms with van der Waals surface area (Å²) >= 11 is 11.9. The Balaban J connectivity index is 1.38. The molecule has 170 valence electrons. The minimum Gasteiger partial charge on any atom is -0.309 e. The predicted molar refractivity (Wildman–Crippen MR) is 110 cm³/mol. The number of alkyl halides is 3. The lowest BCUT2D eigenvalue weighted by Gasteiger charge is -2.07. The van der Waals surface area contributed by atoms with Crippen LogP contribution in [0.3, 0.4) is 0 Å². The van der Waals surface area contributed by atoms with E-state index in [4.69, 9.17) is 23.2 Å². The van der Waals surface area contributed by atoms with Crippen LogP contribution in [0.4, 0.5) is 23.4 Å². The monoisotopic (exact) mass is 489 g/mol. The number of carbonyl (C=O) groups excluding carboxylic acids is 1. The first-order valence-corrected chi connectivity index (χ1v) is 10.5. The highest BCUT2D eigenvalue weighted by molar-refractivity contribution is 6.32. The van der Waals surface area contributed by atoms with Crippen molar-refractivity contribution in [3.63, 3.8) is 0 Å². The van der Waals surface area contributed by atoms with Crippen LogP contribution in [0.25, 0.3) is 0 Å². The van der Waals surface area contributed by atoms with E-state index in [0.717, 1.165) is 12.8 Å². The second kappa shape index (κ2) is 8.74. The number of anilines is 1. The molecule has 0 atom stereocenters. The first-order valence-electron chi connectivity index (χ1n) is 9.72. The summed E-state index contributed by atoms with van der Waals surface area (Å²) in [4.78, 5) is 12.3. The molecule has 4 rings (SSSR count). The Morgan fingerprint density at radius 3 is 2.59 bits per heavy atom. The molecule has 0 saturated heterocycles. The number of rotatable bonds is 7. The van der Waals surface area contributed by atoms with Gasteiger partial charge >= 0.3 is 6.18 Å². The van der Waals surface area contributed by atoms with Gasteiger partial charge in [-0.05, 0) is 30.5 Å². The largest absolute Gasteiger partial charge is 0.436 e. The normalized spacial score (nSPS) is 14.1. The van der Waals surface area contributed by atoms with Crippen molar-refractivity contribution in [2.45, 2.75) is 44.4 Å². The molecule has 0 aliphatic heterocycles. The van der Waals surface area contributed by atoms with Crippen LogP contribution in [-0.4, -0.2) is 25.5 Å². The zero-order valence-corrected chi connectivity index (χ0v) is 18.0. The Bertz CT molecular complexity index is 1150. The maximum atomic E-state index is 13.2. The summed E-state index contributed by atoms with van der Waals surface area (Å²) in [5.74, 6) is -0.678. The lowest BCUT2D eigenvalue weighted by atomic mass is 10.2. The molecule has 1 aromatic carbocycles. The average molecular weight is 490 g/mol. The molecule has 6 nitrogen and oxygen atoms in total. The fourth-order valence-corrected chi connectivity index (χ4v) is 3.93. The highest BCUT2D eigenvalue weighted by Crippen LogP contribution is 2.46. The average Bonchev–Trinajstić information content (AvgIpc) is 3.34. The highest BCUT2D eigenvalue weighted by Gasteiger charge is 2.42. The Labute approximate surface area is 190 Å². The quantitative estimate of drug-likeness (QED) is 0.445. The number of nitrogens with one attached hydrogen (secondary N) is 1. The van der Waals surface area contributed by atoms with Gasteiger partial charge < -0.3 is 5.32 Å². The molecule has 1 amide bonds. The second-order valence-electron chi connectivity index (χ2n) is 7.48. The van der Waals surface area contributed by atoms with Crippen molar-refractivity contribution in [1.29, 1.82) is 0 Å². The zero-order valence-electron chi connectivity index (χ0n) is 16.5. The predicted octanol–water partition coefficient (Wildman–Crippen LogP) is 5.50. The lowest BCUT2D eigenvalue weighted by molar-refractivity contribution is -0.141. The van der Waals surface area contributed by atoms with E-state index in [1.807, 2.05) is 0 Å². The summed E-state index contributed by atoms with van der Waals surface area (Å²) in [6, 6.07) is 5.59.